The largest absolute Gasteiger partial charge is 0.349 e. The lowest BCUT2D eigenvalue weighted by atomic mass is 9.84. The second kappa shape index (κ2) is 11.9. The van der Waals surface area contributed by atoms with E-state index in [-0.39, 0.29) is 41.9 Å². The number of nitrogens with one attached hydrogen (secondary N) is 2. The molecule has 0 unspecified atom stereocenters. The SMILES string of the molecule is CC(C)(N)C(=O)N1CCN(C(=O)Nc2ccn([C@H]3CC[C@@H](CNC4CC(N)C4)CC3)c(=O)n2)CC1.Cl. The molecule has 2 aliphatic carbocycles. The highest BCUT2D eigenvalue weighted by Gasteiger charge is 2.32. The first kappa shape index (κ1) is 28.4. The molecule has 4 rings (SSSR count). The third-order valence-electron chi connectivity index (χ3n) is 7.55. The minimum absolute atomic E-state index is 0. The molecule has 0 spiro atoms. The van der Waals surface area contributed by atoms with Crippen LogP contribution in [0.1, 0.15) is 58.4 Å². The Labute approximate surface area is 218 Å². The van der Waals surface area contributed by atoms with Gasteiger partial charge in [-0.05, 0) is 70.9 Å². The van der Waals surface area contributed by atoms with Crippen molar-refractivity contribution in [2.75, 3.05) is 38.0 Å². The van der Waals surface area contributed by atoms with Crippen molar-refractivity contribution in [2.24, 2.45) is 17.4 Å². The number of urea groups is 1. The predicted octanol–water partition coefficient (Wildman–Crippen LogP) is 0.889. The van der Waals surface area contributed by atoms with Crippen LogP contribution in [0.15, 0.2) is 17.1 Å². The number of nitrogens with zero attached hydrogens (tertiary/aromatic N) is 4. The third-order valence-corrected chi connectivity index (χ3v) is 7.55. The lowest BCUT2D eigenvalue weighted by molar-refractivity contribution is -0.137. The summed E-state index contributed by atoms with van der Waals surface area (Å²) >= 11 is 0. The van der Waals surface area contributed by atoms with Crippen LogP contribution in [0.25, 0.3) is 0 Å². The number of hydrogen-bond acceptors (Lipinski definition) is 7. The number of nitrogens with two attached hydrogens (primary N) is 2. The van der Waals surface area contributed by atoms with Crippen molar-refractivity contribution in [3.63, 3.8) is 0 Å². The van der Waals surface area contributed by atoms with E-state index in [0.717, 1.165) is 45.1 Å². The topological polar surface area (TPSA) is 152 Å². The summed E-state index contributed by atoms with van der Waals surface area (Å²) in [7, 11) is 0. The van der Waals surface area contributed by atoms with Crippen LogP contribution in [0.3, 0.4) is 0 Å². The maximum Gasteiger partial charge on any atom is 0.349 e. The Morgan fingerprint density at radius 2 is 1.69 bits per heavy atom. The van der Waals surface area contributed by atoms with Gasteiger partial charge in [0.15, 0.2) is 0 Å². The summed E-state index contributed by atoms with van der Waals surface area (Å²) in [6.45, 7) is 6.03. The van der Waals surface area contributed by atoms with Crippen molar-refractivity contribution in [3.8, 4) is 0 Å². The number of carbonyl (C=O) groups excluding carboxylic acids is 2. The van der Waals surface area contributed by atoms with Gasteiger partial charge in [-0.1, -0.05) is 0 Å². The average Bonchev–Trinajstić information content (AvgIpc) is 2.81. The fourth-order valence-corrected chi connectivity index (χ4v) is 5.26. The number of halogens is 1. The molecule has 0 aromatic carbocycles. The number of carbonyl (C=O) groups is 2. The molecule has 3 aliphatic rings. The molecule has 1 aromatic rings. The van der Waals surface area contributed by atoms with Gasteiger partial charge in [0.2, 0.25) is 5.91 Å². The number of anilines is 1. The first-order valence-corrected chi connectivity index (χ1v) is 12.8. The molecule has 12 heteroatoms. The van der Waals surface area contributed by atoms with E-state index in [1.54, 1.807) is 40.5 Å². The van der Waals surface area contributed by atoms with Crippen molar-refractivity contribution in [3.05, 3.63) is 22.7 Å². The molecular formula is C24H41ClN8O3. The number of rotatable bonds is 6. The van der Waals surface area contributed by atoms with Gasteiger partial charge in [-0.2, -0.15) is 4.98 Å². The van der Waals surface area contributed by atoms with Gasteiger partial charge in [0.25, 0.3) is 0 Å². The average molecular weight is 525 g/mol. The van der Waals surface area contributed by atoms with Gasteiger partial charge in [0.1, 0.15) is 5.82 Å². The molecule has 0 atom stereocenters. The second-order valence-corrected chi connectivity index (χ2v) is 10.9. The Kier molecular flexibility index (Phi) is 9.37. The minimum atomic E-state index is -0.931. The minimum Gasteiger partial charge on any atom is -0.338 e. The fourth-order valence-electron chi connectivity index (χ4n) is 5.26. The van der Waals surface area contributed by atoms with E-state index >= 15 is 0 Å². The monoisotopic (exact) mass is 524 g/mol. The molecule has 36 heavy (non-hydrogen) atoms. The summed E-state index contributed by atoms with van der Waals surface area (Å²) in [5.41, 5.74) is 10.5. The molecule has 0 bridgehead atoms. The molecule has 2 saturated carbocycles. The van der Waals surface area contributed by atoms with Gasteiger partial charge in [-0.15, -0.1) is 12.4 Å². The van der Waals surface area contributed by atoms with Crippen molar-refractivity contribution in [2.45, 2.75) is 76.0 Å². The van der Waals surface area contributed by atoms with Crippen LogP contribution in [0.4, 0.5) is 10.6 Å². The summed E-state index contributed by atoms with van der Waals surface area (Å²) in [6.07, 6.45) is 7.95. The van der Waals surface area contributed by atoms with Crippen LogP contribution >= 0.6 is 12.4 Å². The zero-order valence-corrected chi connectivity index (χ0v) is 22.1. The number of piperazine rings is 1. The predicted molar refractivity (Wildman–Crippen MR) is 141 cm³/mol. The van der Waals surface area contributed by atoms with Gasteiger partial charge in [0, 0.05) is 50.5 Å². The molecule has 11 nitrogen and oxygen atoms in total. The molecule has 1 aliphatic heterocycles. The highest BCUT2D eigenvalue weighted by molar-refractivity contribution is 5.89. The summed E-state index contributed by atoms with van der Waals surface area (Å²) < 4.78 is 1.70. The van der Waals surface area contributed by atoms with Crippen molar-refractivity contribution >= 4 is 30.2 Å². The molecule has 2 heterocycles. The van der Waals surface area contributed by atoms with E-state index < -0.39 is 5.54 Å². The number of aromatic nitrogens is 2. The lowest BCUT2D eigenvalue weighted by Crippen LogP contribution is -2.58. The summed E-state index contributed by atoms with van der Waals surface area (Å²) in [5.74, 6) is 0.752. The Morgan fingerprint density at radius 1 is 1.08 bits per heavy atom. The van der Waals surface area contributed by atoms with Crippen LogP contribution in [0, 0.1) is 5.92 Å². The van der Waals surface area contributed by atoms with Gasteiger partial charge in [-0.25, -0.2) is 9.59 Å². The standard InChI is InChI=1S/C24H40N8O3.ClH/c1-24(2,26)21(33)30-9-11-31(12-10-30)22(34)28-20-7-8-32(23(35)29-20)19-5-3-16(4-6-19)15-27-18-13-17(25)14-18;/h7-8,16-19,27H,3-6,9-15,25-26H2,1-2H3,(H,28,29,34,35);1H/t16-,17?,18?,19+;. The quantitative estimate of drug-likeness (QED) is 0.431. The van der Waals surface area contributed by atoms with Gasteiger partial charge in [-0.3, -0.25) is 14.7 Å². The molecule has 202 valence electrons. The summed E-state index contributed by atoms with van der Waals surface area (Å²) in [4.78, 5) is 45.1. The zero-order valence-electron chi connectivity index (χ0n) is 21.3. The molecular weight excluding hydrogens is 484 g/mol. The maximum absolute atomic E-state index is 12.7. The van der Waals surface area contributed by atoms with Crippen LogP contribution in [0.2, 0.25) is 0 Å². The third kappa shape index (κ3) is 6.96. The Hall–Kier alpha value is -2.21. The molecule has 1 aromatic heterocycles. The molecule has 0 radical (unpaired) electrons. The van der Waals surface area contributed by atoms with Crippen LogP contribution < -0.4 is 27.8 Å². The summed E-state index contributed by atoms with van der Waals surface area (Å²) in [5, 5.41) is 6.34. The Balaban J connectivity index is 0.00000361. The molecule has 3 amide bonds. The highest BCUT2D eigenvalue weighted by atomic mass is 35.5. The van der Waals surface area contributed by atoms with Gasteiger partial charge >= 0.3 is 11.7 Å². The van der Waals surface area contributed by atoms with E-state index in [1.807, 2.05) is 0 Å². The molecule has 3 fully saturated rings. The number of amides is 3. The second-order valence-electron chi connectivity index (χ2n) is 10.9. The maximum atomic E-state index is 12.7. The molecule has 1 saturated heterocycles. The molecule has 6 N–H and O–H groups in total. The van der Waals surface area contributed by atoms with Crippen molar-refractivity contribution in [1.29, 1.82) is 0 Å². The van der Waals surface area contributed by atoms with Crippen LogP contribution in [-0.2, 0) is 4.79 Å². The van der Waals surface area contributed by atoms with E-state index in [0.29, 0.717) is 44.2 Å². The van der Waals surface area contributed by atoms with Gasteiger partial charge in [0.05, 0.1) is 5.54 Å². The smallest absolute Gasteiger partial charge is 0.338 e. The Bertz CT molecular complexity index is 959. The highest BCUT2D eigenvalue weighted by Crippen LogP contribution is 2.31. The van der Waals surface area contributed by atoms with Crippen LogP contribution in [-0.4, -0.2) is 81.6 Å². The first-order valence-electron chi connectivity index (χ1n) is 12.8. The number of hydrogen-bond donors (Lipinski definition) is 4. The normalized spacial score (nSPS) is 26.6. The zero-order chi connectivity index (χ0) is 25.2. The van der Waals surface area contributed by atoms with E-state index in [2.05, 4.69) is 15.6 Å². The van der Waals surface area contributed by atoms with E-state index in [1.165, 1.54) is 0 Å². The van der Waals surface area contributed by atoms with Gasteiger partial charge < -0.3 is 26.6 Å². The van der Waals surface area contributed by atoms with E-state index in [4.69, 9.17) is 11.5 Å². The Morgan fingerprint density at radius 3 is 2.25 bits per heavy atom. The van der Waals surface area contributed by atoms with Crippen molar-refractivity contribution < 1.29 is 9.59 Å². The fraction of sp³-hybridized carbons (Fsp3) is 0.750. The lowest BCUT2D eigenvalue weighted by Gasteiger charge is -2.37. The van der Waals surface area contributed by atoms with Crippen molar-refractivity contribution in [1.82, 2.24) is 24.7 Å². The van der Waals surface area contributed by atoms with E-state index in [9.17, 15) is 14.4 Å². The summed E-state index contributed by atoms with van der Waals surface area (Å²) in [6, 6.07) is 2.44. The van der Waals surface area contributed by atoms with Crippen LogP contribution in [0.5, 0.6) is 0 Å². The first-order chi connectivity index (χ1) is 16.6.